The second-order valence-corrected chi connectivity index (χ2v) is 12.2. The fourth-order valence-corrected chi connectivity index (χ4v) is 6.36. The second kappa shape index (κ2) is 5.53. The molecule has 6 heteroatoms. The number of halogens is 3. The predicted octanol–water partition coefficient (Wildman–Crippen LogP) is 4.20. The van der Waals surface area contributed by atoms with E-state index >= 15 is 0 Å². The third-order valence-electron chi connectivity index (χ3n) is 5.67. The van der Waals surface area contributed by atoms with Crippen LogP contribution in [0.4, 0.5) is 13.2 Å². The molecule has 0 heterocycles. The molecule has 0 spiro atoms. The Morgan fingerprint density at radius 3 is 2.19 bits per heavy atom. The molecule has 2 saturated carbocycles. The summed E-state index contributed by atoms with van der Waals surface area (Å²) in [7, 11) is 0.0520. The lowest BCUT2D eigenvalue weighted by atomic mass is 9.76. The molecule has 0 saturated heterocycles. The number of alkyl halides is 3. The number of fused-ring (bicyclic) bond motifs is 2. The van der Waals surface area contributed by atoms with Gasteiger partial charge in [0.05, 0.1) is 0 Å². The highest BCUT2D eigenvalue weighted by Gasteiger charge is 2.55. The Balaban J connectivity index is 2.02. The minimum absolute atomic E-state index is 0.00651. The molecule has 2 bridgehead atoms. The Bertz CT molecular complexity index is 382. The fourth-order valence-electron chi connectivity index (χ4n) is 4.46. The molecule has 0 amide bonds. The first kappa shape index (κ1) is 17.3. The second-order valence-electron chi connectivity index (χ2n) is 7.90. The van der Waals surface area contributed by atoms with E-state index < -0.39 is 20.1 Å². The van der Waals surface area contributed by atoms with Crippen molar-refractivity contribution in [3.8, 4) is 0 Å². The normalized spacial score (nSPS) is 36.0. The van der Waals surface area contributed by atoms with Gasteiger partial charge in [0.25, 0.3) is 0 Å². The van der Waals surface area contributed by atoms with E-state index in [0.29, 0.717) is 17.8 Å². The molecule has 21 heavy (non-hydrogen) atoms. The summed E-state index contributed by atoms with van der Waals surface area (Å²) in [4.78, 5) is 0. The molecule has 1 N–H and O–H groups in total. The van der Waals surface area contributed by atoms with Gasteiger partial charge in [-0.1, -0.05) is 0 Å². The van der Waals surface area contributed by atoms with Crippen LogP contribution in [0.2, 0.25) is 19.1 Å². The third kappa shape index (κ3) is 3.64. The van der Waals surface area contributed by atoms with Gasteiger partial charge in [-0.3, -0.25) is 0 Å². The van der Waals surface area contributed by atoms with Gasteiger partial charge in [-0.05, 0) is 75.4 Å². The maximum absolute atomic E-state index is 12.9. The van der Waals surface area contributed by atoms with Crippen LogP contribution in [0.25, 0.3) is 0 Å². The maximum Gasteiger partial charge on any atom is 0.416 e. The average Bonchev–Trinajstić information content (AvgIpc) is 2.85. The molecule has 0 aromatic rings. The Labute approximate surface area is 126 Å². The van der Waals surface area contributed by atoms with Gasteiger partial charge in [-0.25, -0.2) is 0 Å². The van der Waals surface area contributed by atoms with E-state index in [2.05, 4.69) is 13.1 Å². The molecule has 0 aromatic carbocycles. The molecule has 5 atom stereocenters. The molecule has 124 valence electrons. The van der Waals surface area contributed by atoms with Crippen LogP contribution < -0.4 is 0 Å². The van der Waals surface area contributed by atoms with Gasteiger partial charge in [0.1, 0.15) is 0 Å². The quantitative estimate of drug-likeness (QED) is 0.768. The zero-order valence-corrected chi connectivity index (χ0v) is 14.3. The Morgan fingerprint density at radius 1 is 1.14 bits per heavy atom. The molecule has 2 nitrogen and oxygen atoms in total. The minimum atomic E-state index is -4.54. The van der Waals surface area contributed by atoms with Gasteiger partial charge in [0.15, 0.2) is 13.9 Å². The third-order valence-corrected chi connectivity index (χ3v) is 8.28. The van der Waals surface area contributed by atoms with Gasteiger partial charge < -0.3 is 9.53 Å². The van der Waals surface area contributed by atoms with E-state index in [0.717, 1.165) is 32.2 Å². The smallest absolute Gasteiger partial charge is 0.416 e. The predicted molar refractivity (Wildman–Crippen MR) is 78.4 cm³/mol. The summed E-state index contributed by atoms with van der Waals surface area (Å²) in [5.74, 6) is 1.38. The Morgan fingerprint density at radius 2 is 1.71 bits per heavy atom. The van der Waals surface area contributed by atoms with E-state index in [1.165, 1.54) is 0 Å². The van der Waals surface area contributed by atoms with Crippen molar-refractivity contribution in [3.63, 3.8) is 0 Å². The van der Waals surface area contributed by atoms with E-state index in [9.17, 15) is 18.3 Å². The highest BCUT2D eigenvalue weighted by atomic mass is 28.4. The summed E-state index contributed by atoms with van der Waals surface area (Å²) in [5.41, 5.74) is -2.55. The largest absolute Gasteiger partial charge is 0.420 e. The molecule has 2 aliphatic rings. The van der Waals surface area contributed by atoms with Crippen molar-refractivity contribution in [1.82, 2.24) is 0 Å². The summed E-state index contributed by atoms with van der Waals surface area (Å²) in [6, 6.07) is 1.02. The SMILES string of the molecule is CO[Si](C)(C)CC1CC2CC(CC(C)(O)C(F)(F)F)C1C2. The van der Waals surface area contributed by atoms with Crippen molar-refractivity contribution in [2.45, 2.75) is 63.5 Å². The summed E-state index contributed by atoms with van der Waals surface area (Å²) in [6.45, 7) is 5.25. The summed E-state index contributed by atoms with van der Waals surface area (Å²) < 4.78 is 44.3. The molecule has 2 rings (SSSR count). The summed E-state index contributed by atoms with van der Waals surface area (Å²) in [6.07, 6.45) is -1.66. The minimum Gasteiger partial charge on any atom is -0.420 e. The van der Waals surface area contributed by atoms with Crippen LogP contribution in [0.1, 0.15) is 32.6 Å². The molecule has 5 unspecified atom stereocenters. The Kier molecular flexibility index (Phi) is 4.55. The number of hydrogen-bond donors (Lipinski definition) is 1. The lowest BCUT2D eigenvalue weighted by molar-refractivity contribution is -0.259. The van der Waals surface area contributed by atoms with E-state index in [1.807, 2.05) is 0 Å². The van der Waals surface area contributed by atoms with Crippen LogP contribution in [0.15, 0.2) is 0 Å². The van der Waals surface area contributed by atoms with Crippen molar-refractivity contribution in [2.75, 3.05) is 7.11 Å². The van der Waals surface area contributed by atoms with Crippen LogP contribution in [-0.2, 0) is 4.43 Å². The number of aliphatic hydroxyl groups is 1. The van der Waals surface area contributed by atoms with Crippen LogP contribution in [0.5, 0.6) is 0 Å². The van der Waals surface area contributed by atoms with E-state index in [4.69, 9.17) is 4.43 Å². The highest BCUT2D eigenvalue weighted by Crippen LogP contribution is 2.56. The first-order valence-corrected chi connectivity index (χ1v) is 10.9. The van der Waals surface area contributed by atoms with Crippen molar-refractivity contribution in [1.29, 1.82) is 0 Å². The van der Waals surface area contributed by atoms with Gasteiger partial charge in [0, 0.05) is 7.11 Å². The Hall–Kier alpha value is -0.0731. The highest BCUT2D eigenvalue weighted by molar-refractivity contribution is 6.71. The van der Waals surface area contributed by atoms with Gasteiger partial charge in [-0.15, -0.1) is 0 Å². The molecule has 0 radical (unpaired) electrons. The summed E-state index contributed by atoms with van der Waals surface area (Å²) >= 11 is 0. The molecular weight excluding hydrogens is 297 g/mol. The van der Waals surface area contributed by atoms with Crippen molar-refractivity contribution in [2.24, 2.45) is 23.7 Å². The summed E-state index contributed by atoms with van der Waals surface area (Å²) in [5, 5.41) is 9.76. The zero-order valence-electron chi connectivity index (χ0n) is 13.3. The molecule has 2 aliphatic carbocycles. The van der Waals surface area contributed by atoms with Gasteiger partial charge in [0.2, 0.25) is 0 Å². The molecule has 0 aromatic heterocycles. The fraction of sp³-hybridized carbons (Fsp3) is 1.00. The first-order valence-electron chi connectivity index (χ1n) is 7.79. The van der Waals surface area contributed by atoms with Gasteiger partial charge >= 0.3 is 6.18 Å². The van der Waals surface area contributed by atoms with E-state index in [-0.39, 0.29) is 12.3 Å². The lowest BCUT2D eigenvalue weighted by Gasteiger charge is -2.37. The molecule has 0 aliphatic heterocycles. The van der Waals surface area contributed by atoms with E-state index in [1.54, 1.807) is 7.11 Å². The zero-order chi connectivity index (χ0) is 16.1. The number of rotatable bonds is 5. The van der Waals surface area contributed by atoms with Crippen molar-refractivity contribution in [3.05, 3.63) is 0 Å². The average molecular weight is 324 g/mol. The van der Waals surface area contributed by atoms with Crippen LogP contribution in [0.3, 0.4) is 0 Å². The van der Waals surface area contributed by atoms with Crippen molar-refractivity contribution < 1.29 is 22.7 Å². The van der Waals surface area contributed by atoms with Gasteiger partial charge in [-0.2, -0.15) is 13.2 Å². The number of hydrogen-bond acceptors (Lipinski definition) is 2. The van der Waals surface area contributed by atoms with Crippen LogP contribution >= 0.6 is 0 Å². The molecule has 2 fully saturated rings. The van der Waals surface area contributed by atoms with Crippen molar-refractivity contribution >= 4 is 8.32 Å². The first-order chi connectivity index (χ1) is 9.45. The lowest BCUT2D eigenvalue weighted by Crippen LogP contribution is -2.45. The van der Waals surface area contributed by atoms with Crippen LogP contribution in [0, 0.1) is 23.7 Å². The maximum atomic E-state index is 12.9. The topological polar surface area (TPSA) is 29.5 Å². The monoisotopic (exact) mass is 324 g/mol. The standard InChI is InChI=1S/C15H27F3O2Si/c1-14(19,15(16,17)18)8-11-5-10-6-12(13(11)7-10)9-21(3,4)20-2/h10-13,19H,5-9H2,1-4H3. The molecular formula is C15H27F3O2Si. The van der Waals surface area contributed by atoms with Crippen LogP contribution in [-0.4, -0.2) is 32.3 Å².